The SMILES string of the molecule is CC1(C)C2=CC(=O)C=CC2=Nc2cc(Cl)c(O[C@@H]3OC[C@@H](O)[C@H](O)[C@H]3F)c(Cl)c21. The zero-order valence-corrected chi connectivity index (χ0v) is 17.0. The number of benzene rings is 1. The molecule has 6 nitrogen and oxygen atoms in total. The molecule has 0 bridgehead atoms. The van der Waals surface area contributed by atoms with Crippen molar-refractivity contribution in [3.05, 3.63) is 45.5 Å². The van der Waals surface area contributed by atoms with E-state index in [1.807, 2.05) is 13.8 Å². The van der Waals surface area contributed by atoms with Gasteiger partial charge in [0.1, 0.15) is 12.2 Å². The molecule has 1 aliphatic carbocycles. The van der Waals surface area contributed by atoms with Gasteiger partial charge in [0.25, 0.3) is 0 Å². The first-order valence-corrected chi connectivity index (χ1v) is 9.71. The van der Waals surface area contributed by atoms with Gasteiger partial charge < -0.3 is 19.7 Å². The molecule has 0 unspecified atom stereocenters. The molecule has 2 N–H and O–H groups in total. The minimum Gasteiger partial charge on any atom is -0.458 e. The van der Waals surface area contributed by atoms with Crippen molar-refractivity contribution in [2.24, 2.45) is 4.99 Å². The molecule has 4 rings (SSSR count). The van der Waals surface area contributed by atoms with Crippen molar-refractivity contribution in [3.63, 3.8) is 0 Å². The molecule has 0 amide bonds. The van der Waals surface area contributed by atoms with E-state index < -0.39 is 30.1 Å². The summed E-state index contributed by atoms with van der Waals surface area (Å²) >= 11 is 13.0. The molecule has 0 saturated carbocycles. The largest absolute Gasteiger partial charge is 0.458 e. The third-order valence-corrected chi connectivity index (χ3v) is 5.95. The Bertz CT molecular complexity index is 988. The number of fused-ring (bicyclic) bond motifs is 2. The fourth-order valence-corrected chi connectivity index (χ4v) is 4.50. The maximum atomic E-state index is 14.4. The van der Waals surface area contributed by atoms with Crippen LogP contribution in [0.2, 0.25) is 10.0 Å². The van der Waals surface area contributed by atoms with E-state index in [4.69, 9.17) is 32.7 Å². The number of aliphatic hydroxyl groups is 2. The Morgan fingerprint density at radius 3 is 2.76 bits per heavy atom. The molecule has 3 aliphatic rings. The van der Waals surface area contributed by atoms with Gasteiger partial charge in [0.05, 0.1) is 28.1 Å². The Labute approximate surface area is 176 Å². The summed E-state index contributed by atoms with van der Waals surface area (Å²) in [6.07, 6.45) is -1.91. The van der Waals surface area contributed by atoms with Crippen molar-refractivity contribution in [3.8, 4) is 5.75 Å². The van der Waals surface area contributed by atoms with E-state index >= 15 is 0 Å². The third kappa shape index (κ3) is 3.31. The molecule has 29 heavy (non-hydrogen) atoms. The molecule has 1 aromatic rings. The number of aliphatic hydroxyl groups excluding tert-OH is 2. The summed E-state index contributed by atoms with van der Waals surface area (Å²) in [5.74, 6) is -0.172. The predicted octanol–water partition coefficient (Wildman–Crippen LogP) is 3.22. The Hall–Kier alpha value is -1.77. The van der Waals surface area contributed by atoms with Crippen molar-refractivity contribution in [1.82, 2.24) is 0 Å². The first kappa shape index (κ1) is 20.5. The highest BCUT2D eigenvalue weighted by Gasteiger charge is 2.43. The molecule has 0 radical (unpaired) electrons. The van der Waals surface area contributed by atoms with E-state index in [-0.39, 0.29) is 28.2 Å². The number of aliphatic imine (C=N–C) groups is 1. The highest BCUT2D eigenvalue weighted by atomic mass is 35.5. The zero-order chi connectivity index (χ0) is 21.1. The zero-order valence-electron chi connectivity index (χ0n) is 15.5. The number of nitrogens with zero attached hydrogens (tertiary/aromatic N) is 1. The van der Waals surface area contributed by atoms with Crippen LogP contribution >= 0.6 is 23.2 Å². The number of ketones is 1. The average Bonchev–Trinajstić information content (AvgIpc) is 2.65. The Morgan fingerprint density at radius 2 is 2.03 bits per heavy atom. The summed E-state index contributed by atoms with van der Waals surface area (Å²) in [5.41, 5.74) is 1.72. The first-order chi connectivity index (χ1) is 13.6. The first-order valence-electron chi connectivity index (χ1n) is 8.95. The number of hydrogen-bond acceptors (Lipinski definition) is 6. The molecule has 1 fully saturated rings. The van der Waals surface area contributed by atoms with Gasteiger partial charge >= 0.3 is 0 Å². The molecule has 0 aromatic heterocycles. The highest BCUT2D eigenvalue weighted by Crippen LogP contribution is 2.52. The normalized spacial score (nSPS) is 30.2. The maximum Gasteiger partial charge on any atom is 0.234 e. The Morgan fingerprint density at radius 1 is 1.31 bits per heavy atom. The fraction of sp³-hybridized carbons (Fsp3) is 0.400. The molecule has 2 heterocycles. The number of carbonyl (C=O) groups is 1. The van der Waals surface area contributed by atoms with Crippen LogP contribution in [0.25, 0.3) is 0 Å². The second-order valence-corrected chi connectivity index (χ2v) is 8.42. The van der Waals surface area contributed by atoms with E-state index in [0.717, 1.165) is 0 Å². The molecule has 4 atom stereocenters. The number of hydrogen-bond donors (Lipinski definition) is 2. The molecule has 154 valence electrons. The van der Waals surface area contributed by atoms with E-state index in [0.29, 0.717) is 22.5 Å². The molecule has 9 heteroatoms. The van der Waals surface area contributed by atoms with Crippen molar-refractivity contribution < 1.29 is 28.9 Å². The quantitative estimate of drug-likeness (QED) is 0.687. The average molecular weight is 442 g/mol. The molecule has 2 aliphatic heterocycles. The maximum absolute atomic E-state index is 14.4. The lowest BCUT2D eigenvalue weighted by atomic mass is 9.71. The molecule has 1 saturated heterocycles. The van der Waals surface area contributed by atoms with Gasteiger partial charge in [-0.1, -0.05) is 37.0 Å². The van der Waals surface area contributed by atoms with Crippen LogP contribution in [0, 0.1) is 0 Å². The number of carbonyl (C=O) groups excluding carboxylic acids is 1. The van der Waals surface area contributed by atoms with Gasteiger partial charge in [0.2, 0.25) is 6.29 Å². The Kier molecular flexibility index (Phi) is 5.07. The van der Waals surface area contributed by atoms with Crippen molar-refractivity contribution in [2.75, 3.05) is 6.61 Å². The van der Waals surface area contributed by atoms with Crippen molar-refractivity contribution in [1.29, 1.82) is 0 Å². The topological polar surface area (TPSA) is 88.4 Å². The smallest absolute Gasteiger partial charge is 0.234 e. The lowest BCUT2D eigenvalue weighted by Crippen LogP contribution is -2.52. The predicted molar refractivity (Wildman–Crippen MR) is 106 cm³/mol. The minimum atomic E-state index is -2.00. The van der Waals surface area contributed by atoms with Gasteiger partial charge in [-0.3, -0.25) is 4.79 Å². The van der Waals surface area contributed by atoms with Crippen LogP contribution in [0.3, 0.4) is 0 Å². The lowest BCUT2D eigenvalue weighted by molar-refractivity contribution is -0.222. The van der Waals surface area contributed by atoms with E-state index in [2.05, 4.69) is 4.99 Å². The number of ether oxygens (including phenoxy) is 2. The minimum absolute atomic E-state index is 0.0201. The summed E-state index contributed by atoms with van der Waals surface area (Å²) in [6, 6.07) is 1.55. The molecular weight excluding hydrogens is 424 g/mol. The summed E-state index contributed by atoms with van der Waals surface area (Å²) < 4.78 is 25.1. The van der Waals surface area contributed by atoms with Crippen LogP contribution in [-0.4, -0.2) is 53.0 Å². The lowest BCUT2D eigenvalue weighted by Gasteiger charge is -2.37. The fourth-order valence-electron chi connectivity index (χ4n) is 3.73. The molecular formula is C20H18Cl2FNO5. The Balaban J connectivity index is 1.78. The third-order valence-electron chi connectivity index (χ3n) is 5.31. The van der Waals surface area contributed by atoms with Gasteiger partial charge in [-0.15, -0.1) is 0 Å². The standard InChI is InChI=1S/C20H18Cl2FNO5/c1-20(2)9-5-8(25)3-4-11(9)24-12-6-10(21)18(15(22)14(12)20)29-19-16(23)17(27)13(26)7-28-19/h3-6,13,16-17,19,26-27H,7H2,1-2H3/t13-,16-,17+,19+/m1/s1. The van der Waals surface area contributed by atoms with Gasteiger partial charge in [0.15, 0.2) is 17.7 Å². The van der Waals surface area contributed by atoms with Gasteiger partial charge in [-0.05, 0) is 29.9 Å². The summed E-state index contributed by atoms with van der Waals surface area (Å²) in [6.45, 7) is 3.47. The summed E-state index contributed by atoms with van der Waals surface area (Å²) in [5, 5.41) is 19.5. The van der Waals surface area contributed by atoms with Crippen LogP contribution in [0.15, 0.2) is 34.9 Å². The second-order valence-electron chi connectivity index (χ2n) is 7.63. The van der Waals surface area contributed by atoms with E-state index in [1.54, 1.807) is 12.1 Å². The van der Waals surface area contributed by atoms with Crippen molar-refractivity contribution in [2.45, 2.75) is 43.9 Å². The molecule has 1 aromatic carbocycles. The summed E-state index contributed by atoms with van der Waals surface area (Å²) in [4.78, 5) is 16.4. The number of halogens is 3. The molecule has 0 spiro atoms. The van der Waals surface area contributed by atoms with Crippen LogP contribution in [-0.2, 0) is 14.9 Å². The van der Waals surface area contributed by atoms with Crippen LogP contribution in [0.4, 0.5) is 10.1 Å². The van der Waals surface area contributed by atoms with Gasteiger partial charge in [-0.2, -0.15) is 0 Å². The second kappa shape index (κ2) is 7.18. The van der Waals surface area contributed by atoms with Gasteiger partial charge in [-0.25, -0.2) is 9.38 Å². The number of rotatable bonds is 2. The monoisotopic (exact) mass is 441 g/mol. The number of alkyl halides is 1. The highest BCUT2D eigenvalue weighted by molar-refractivity contribution is 6.39. The van der Waals surface area contributed by atoms with Crippen LogP contribution in [0.5, 0.6) is 5.75 Å². The summed E-state index contributed by atoms with van der Waals surface area (Å²) in [7, 11) is 0. The number of allylic oxidation sites excluding steroid dienone is 4. The van der Waals surface area contributed by atoms with Crippen molar-refractivity contribution >= 4 is 40.4 Å². The van der Waals surface area contributed by atoms with E-state index in [1.165, 1.54) is 12.2 Å². The van der Waals surface area contributed by atoms with E-state index in [9.17, 15) is 19.4 Å². The van der Waals surface area contributed by atoms with Gasteiger partial charge in [0, 0.05) is 11.0 Å². The van der Waals surface area contributed by atoms with Crippen LogP contribution in [0.1, 0.15) is 19.4 Å². The van der Waals surface area contributed by atoms with Crippen LogP contribution < -0.4 is 4.74 Å².